The summed E-state index contributed by atoms with van der Waals surface area (Å²) in [7, 11) is -3.73. The number of amides is 1. The maximum Gasteiger partial charge on any atom is 0.279 e. The molecule has 182 valence electrons. The van der Waals surface area contributed by atoms with Crippen molar-refractivity contribution in [2.45, 2.75) is 18.4 Å². The first-order valence-corrected chi connectivity index (χ1v) is 13.7. The smallest absolute Gasteiger partial charge is 0.279 e. The number of anilines is 1. The summed E-state index contributed by atoms with van der Waals surface area (Å²) in [6.07, 6.45) is 0. The maximum absolute atomic E-state index is 13.0. The predicted octanol–water partition coefficient (Wildman–Crippen LogP) is 5.59. The lowest BCUT2D eigenvalue weighted by atomic mass is 10.2. The molecule has 0 fully saturated rings. The Hall–Kier alpha value is -2.69. The quantitative estimate of drug-likeness (QED) is 0.290. The molecule has 4 rings (SSSR count). The van der Waals surface area contributed by atoms with E-state index in [1.54, 1.807) is 30.3 Å². The lowest BCUT2D eigenvalue weighted by Gasteiger charge is -2.08. The first-order valence-electron chi connectivity index (χ1n) is 10.6. The number of carbonyl (C=O) groups excluding carboxylic acids is 1. The Bertz CT molecular complexity index is 1530. The number of ether oxygens (including phenoxy) is 1. The zero-order chi connectivity index (χ0) is 25.0. The van der Waals surface area contributed by atoms with E-state index >= 15 is 0 Å². The molecule has 3 aromatic carbocycles. The first-order chi connectivity index (χ1) is 16.8. The molecule has 1 amide bonds. The average Bonchev–Trinajstić information content (AvgIpc) is 3.21. The summed E-state index contributed by atoms with van der Waals surface area (Å²) in [5, 5.41) is 1.02. The molecule has 0 aliphatic rings. The Kier molecular flexibility index (Phi) is 7.93. The Balaban J connectivity index is 1.64. The van der Waals surface area contributed by atoms with Gasteiger partial charge in [0.05, 0.1) is 31.8 Å². The van der Waals surface area contributed by atoms with Gasteiger partial charge in [0, 0.05) is 24.4 Å². The van der Waals surface area contributed by atoms with Crippen LogP contribution in [0.25, 0.3) is 10.2 Å². The molecule has 7 nitrogen and oxygen atoms in total. The number of thiazole rings is 1. The normalized spacial score (nSPS) is 12.3. The van der Waals surface area contributed by atoms with Gasteiger partial charge >= 0.3 is 0 Å². The number of fused-ring (bicyclic) bond motifs is 1. The molecule has 0 spiro atoms. The molecular weight excluding hydrogens is 529 g/mol. The minimum absolute atomic E-state index is 0.147. The molecule has 0 saturated heterocycles. The van der Waals surface area contributed by atoms with E-state index in [0.717, 1.165) is 4.70 Å². The van der Waals surface area contributed by atoms with Crippen LogP contribution in [-0.2, 0) is 21.3 Å². The van der Waals surface area contributed by atoms with Crippen LogP contribution in [0.15, 0.2) is 76.6 Å². The van der Waals surface area contributed by atoms with Gasteiger partial charge < -0.3 is 9.30 Å². The van der Waals surface area contributed by atoms with Crippen molar-refractivity contribution in [2.24, 2.45) is 4.99 Å². The van der Waals surface area contributed by atoms with Crippen molar-refractivity contribution < 1.29 is 17.9 Å². The third-order valence-electron chi connectivity index (χ3n) is 5.03. The van der Waals surface area contributed by atoms with Crippen LogP contribution >= 0.6 is 34.5 Å². The van der Waals surface area contributed by atoms with E-state index in [9.17, 15) is 13.2 Å². The number of aromatic nitrogens is 1. The monoisotopic (exact) mass is 549 g/mol. The van der Waals surface area contributed by atoms with Crippen LogP contribution in [0, 0.1) is 0 Å². The molecular formula is C24H21Cl2N3O4S2. The van der Waals surface area contributed by atoms with E-state index in [4.69, 9.17) is 27.9 Å². The predicted molar refractivity (Wildman–Crippen MR) is 140 cm³/mol. The molecule has 1 N–H and O–H groups in total. The van der Waals surface area contributed by atoms with E-state index in [1.165, 1.54) is 47.7 Å². The fourth-order valence-electron chi connectivity index (χ4n) is 3.35. The number of rotatable bonds is 8. The molecule has 0 unspecified atom stereocenters. The van der Waals surface area contributed by atoms with Crippen LogP contribution in [0.5, 0.6) is 0 Å². The summed E-state index contributed by atoms with van der Waals surface area (Å²) in [6.45, 7) is 3.32. The van der Waals surface area contributed by atoms with Gasteiger partial charge in [-0.15, -0.1) is 0 Å². The number of sulfonamides is 1. The number of halogens is 2. The van der Waals surface area contributed by atoms with E-state index in [0.29, 0.717) is 51.4 Å². The molecule has 0 radical (unpaired) electrons. The van der Waals surface area contributed by atoms with Crippen molar-refractivity contribution in [3.63, 3.8) is 0 Å². The number of benzene rings is 3. The SMILES string of the molecule is CCOCCn1c(=NC(=O)c2ccc(NS(=O)(=O)c3ccccc3)cc2)sc2c(Cl)ccc(Cl)c21. The number of nitrogens with one attached hydrogen (secondary N) is 1. The average molecular weight is 550 g/mol. The van der Waals surface area contributed by atoms with Crippen molar-refractivity contribution in [2.75, 3.05) is 17.9 Å². The second-order valence-corrected chi connectivity index (χ2v) is 10.8. The minimum atomic E-state index is -3.73. The zero-order valence-electron chi connectivity index (χ0n) is 18.6. The topological polar surface area (TPSA) is 89.8 Å². The number of nitrogens with zero attached hydrogens (tertiary/aromatic N) is 2. The molecule has 1 aromatic heterocycles. The van der Waals surface area contributed by atoms with Crippen molar-refractivity contribution >= 4 is 66.4 Å². The third kappa shape index (κ3) is 5.76. The van der Waals surface area contributed by atoms with Crippen molar-refractivity contribution in [1.82, 2.24) is 4.57 Å². The Labute approximate surface area is 216 Å². The third-order valence-corrected chi connectivity index (χ3v) is 8.27. The van der Waals surface area contributed by atoms with Crippen molar-refractivity contribution in [3.8, 4) is 0 Å². The minimum Gasteiger partial charge on any atom is -0.380 e. The van der Waals surface area contributed by atoms with Gasteiger partial charge in [0.25, 0.3) is 15.9 Å². The zero-order valence-corrected chi connectivity index (χ0v) is 21.7. The van der Waals surface area contributed by atoms with E-state index in [-0.39, 0.29) is 4.90 Å². The second-order valence-electron chi connectivity index (χ2n) is 7.35. The molecule has 0 saturated carbocycles. The molecule has 4 aromatic rings. The molecule has 11 heteroatoms. The highest BCUT2D eigenvalue weighted by Crippen LogP contribution is 2.32. The lowest BCUT2D eigenvalue weighted by molar-refractivity contribution is 0.0996. The summed E-state index contributed by atoms with van der Waals surface area (Å²) < 4.78 is 35.6. The maximum atomic E-state index is 13.0. The summed E-state index contributed by atoms with van der Waals surface area (Å²) in [5.41, 5.74) is 1.33. The highest BCUT2D eigenvalue weighted by molar-refractivity contribution is 7.92. The van der Waals surface area contributed by atoms with Crippen LogP contribution in [0.3, 0.4) is 0 Å². The second kappa shape index (κ2) is 10.9. The first kappa shape index (κ1) is 25.4. The van der Waals surface area contributed by atoms with Gasteiger partial charge in [0.2, 0.25) is 0 Å². The van der Waals surface area contributed by atoms with Gasteiger partial charge in [-0.3, -0.25) is 9.52 Å². The summed E-state index contributed by atoms with van der Waals surface area (Å²) in [5.74, 6) is -0.480. The number of hydrogen-bond acceptors (Lipinski definition) is 5. The highest BCUT2D eigenvalue weighted by atomic mass is 35.5. The highest BCUT2D eigenvalue weighted by Gasteiger charge is 2.16. The molecule has 35 heavy (non-hydrogen) atoms. The van der Waals surface area contributed by atoms with Gasteiger partial charge in [-0.1, -0.05) is 52.7 Å². The summed E-state index contributed by atoms with van der Waals surface area (Å²) in [6, 6.07) is 17.5. The standard InChI is InChI=1S/C24H21Cl2N3O4S2/c1-2-33-15-14-29-21-19(25)12-13-20(26)22(21)34-24(29)27-23(30)16-8-10-17(11-9-16)28-35(31,32)18-6-4-3-5-7-18/h3-13,28H,2,14-15H2,1H3. The Morgan fingerprint density at radius 1 is 1.03 bits per heavy atom. The van der Waals surface area contributed by atoms with E-state index in [2.05, 4.69) is 9.71 Å². The van der Waals surface area contributed by atoms with Gasteiger partial charge in [0.1, 0.15) is 0 Å². The van der Waals surface area contributed by atoms with Crippen LogP contribution < -0.4 is 9.52 Å². The summed E-state index contributed by atoms with van der Waals surface area (Å²) in [4.78, 5) is 17.8. The van der Waals surface area contributed by atoms with Crippen molar-refractivity contribution in [1.29, 1.82) is 0 Å². The molecule has 0 atom stereocenters. The largest absolute Gasteiger partial charge is 0.380 e. The molecule has 1 heterocycles. The van der Waals surface area contributed by atoms with Crippen LogP contribution in [-0.4, -0.2) is 32.1 Å². The molecule has 0 bridgehead atoms. The Morgan fingerprint density at radius 2 is 1.71 bits per heavy atom. The lowest BCUT2D eigenvalue weighted by Crippen LogP contribution is -2.20. The van der Waals surface area contributed by atoms with Gasteiger partial charge in [-0.2, -0.15) is 4.99 Å². The van der Waals surface area contributed by atoms with Crippen LogP contribution in [0.2, 0.25) is 10.0 Å². The summed E-state index contributed by atoms with van der Waals surface area (Å²) >= 11 is 14.1. The Morgan fingerprint density at radius 3 is 2.40 bits per heavy atom. The van der Waals surface area contributed by atoms with Gasteiger partial charge in [-0.05, 0) is 55.5 Å². The number of carbonyl (C=O) groups is 1. The fraction of sp³-hybridized carbons (Fsp3) is 0.167. The fourth-order valence-corrected chi connectivity index (χ4v) is 6.10. The molecule has 0 aliphatic carbocycles. The van der Waals surface area contributed by atoms with Gasteiger partial charge in [0.15, 0.2) is 4.80 Å². The van der Waals surface area contributed by atoms with Crippen LogP contribution in [0.1, 0.15) is 17.3 Å². The van der Waals surface area contributed by atoms with Gasteiger partial charge in [-0.25, -0.2) is 8.42 Å². The van der Waals surface area contributed by atoms with Crippen LogP contribution in [0.4, 0.5) is 5.69 Å². The van der Waals surface area contributed by atoms with E-state index in [1.807, 2.05) is 11.5 Å². The van der Waals surface area contributed by atoms with E-state index < -0.39 is 15.9 Å². The number of hydrogen-bond donors (Lipinski definition) is 1. The van der Waals surface area contributed by atoms with Crippen molar-refractivity contribution in [3.05, 3.63) is 87.1 Å². The molecule has 0 aliphatic heterocycles.